The summed E-state index contributed by atoms with van der Waals surface area (Å²) < 4.78 is 52.7. The molecule has 0 aliphatic rings. The van der Waals surface area contributed by atoms with E-state index in [1.807, 2.05) is 0 Å². The van der Waals surface area contributed by atoms with Gasteiger partial charge >= 0.3 is 12.1 Å². The van der Waals surface area contributed by atoms with Crippen LogP contribution in [0.2, 0.25) is 0 Å². The molecule has 0 unspecified atom stereocenters. The van der Waals surface area contributed by atoms with Crippen molar-refractivity contribution in [2.45, 2.75) is 19.2 Å². The van der Waals surface area contributed by atoms with Crippen molar-refractivity contribution >= 4 is 28.3 Å². The quantitative estimate of drug-likeness (QED) is 0.339. The third-order valence-corrected chi connectivity index (χ3v) is 6.07. The minimum Gasteiger partial charge on any atom is -0.484 e. The van der Waals surface area contributed by atoms with Crippen LogP contribution in [0.15, 0.2) is 54.9 Å². The molecule has 0 bridgehead atoms. The Bertz CT molecular complexity index is 1390. The average Bonchev–Trinajstić information content (AvgIpc) is 3.41. The zero-order valence-corrected chi connectivity index (χ0v) is 18.2. The molecule has 0 saturated carbocycles. The van der Waals surface area contributed by atoms with Crippen LogP contribution in [0.25, 0.3) is 16.0 Å². The number of methoxy groups -OCH3 is 1. The lowest BCUT2D eigenvalue weighted by Gasteiger charge is -2.19. The van der Waals surface area contributed by atoms with Gasteiger partial charge < -0.3 is 9.47 Å². The number of esters is 1. The largest absolute Gasteiger partial charge is 0.484 e. The van der Waals surface area contributed by atoms with Gasteiger partial charge in [-0.3, -0.25) is 4.57 Å². The van der Waals surface area contributed by atoms with Crippen molar-refractivity contribution in [3.8, 4) is 16.8 Å². The zero-order chi connectivity index (χ0) is 23.8. The third kappa shape index (κ3) is 4.27. The first kappa shape index (κ1) is 22.4. The fourth-order valence-corrected chi connectivity index (χ4v) is 4.41. The van der Waals surface area contributed by atoms with Crippen molar-refractivity contribution in [2.24, 2.45) is 0 Å². The highest BCUT2D eigenvalue weighted by Gasteiger charge is 2.35. The van der Waals surface area contributed by atoms with Crippen molar-refractivity contribution < 1.29 is 27.4 Å². The summed E-state index contributed by atoms with van der Waals surface area (Å²) in [4.78, 5) is 16.8. The van der Waals surface area contributed by atoms with Crippen molar-refractivity contribution in [3.63, 3.8) is 0 Å². The van der Waals surface area contributed by atoms with E-state index in [4.69, 9.17) is 9.47 Å². The van der Waals surface area contributed by atoms with Crippen LogP contribution in [0.4, 0.5) is 13.2 Å². The predicted octanol–water partition coefficient (Wildman–Crippen LogP) is 5.90. The van der Waals surface area contributed by atoms with Gasteiger partial charge in [0.1, 0.15) is 23.2 Å². The Morgan fingerprint density at radius 3 is 2.67 bits per heavy atom. The van der Waals surface area contributed by atoms with Gasteiger partial charge in [-0.15, -0.1) is 11.3 Å². The molecule has 2 aromatic carbocycles. The highest BCUT2D eigenvalue weighted by molar-refractivity contribution is 7.16. The Morgan fingerprint density at radius 2 is 1.97 bits per heavy atom. The first-order chi connectivity index (χ1) is 15.7. The highest BCUT2D eigenvalue weighted by Crippen LogP contribution is 2.39. The number of carbonyl (C=O) groups excluding carboxylic acids is 1. The number of halogens is 3. The van der Waals surface area contributed by atoms with Gasteiger partial charge in [0, 0.05) is 11.6 Å². The van der Waals surface area contributed by atoms with Gasteiger partial charge in [-0.05, 0) is 31.2 Å². The molecule has 0 saturated heterocycles. The number of thiophene rings is 1. The van der Waals surface area contributed by atoms with Crippen LogP contribution in [0.1, 0.15) is 39.4 Å². The average molecular weight is 471 g/mol. The molecule has 0 radical (unpaired) electrons. The lowest BCUT2D eigenvalue weighted by Crippen LogP contribution is -2.14. The van der Waals surface area contributed by atoms with Gasteiger partial charge in [0.15, 0.2) is 4.88 Å². The van der Waals surface area contributed by atoms with Gasteiger partial charge in [0.2, 0.25) is 0 Å². The monoisotopic (exact) mass is 471 g/mol. The van der Waals surface area contributed by atoms with Crippen molar-refractivity contribution in [1.82, 2.24) is 9.55 Å². The van der Waals surface area contributed by atoms with E-state index in [1.165, 1.54) is 38.6 Å². The maximum atomic E-state index is 13.4. The second kappa shape index (κ2) is 8.60. The minimum absolute atomic E-state index is 0.0553. The van der Waals surface area contributed by atoms with E-state index < -0.39 is 23.8 Å². The Labute approximate surface area is 190 Å². The van der Waals surface area contributed by atoms with Crippen LogP contribution in [-0.4, -0.2) is 22.6 Å². The molecule has 33 heavy (non-hydrogen) atoms. The summed E-state index contributed by atoms with van der Waals surface area (Å²) in [5, 5.41) is 9.72. The third-order valence-electron chi connectivity index (χ3n) is 4.98. The van der Waals surface area contributed by atoms with Crippen LogP contribution >= 0.6 is 11.3 Å². The molecule has 0 amide bonds. The summed E-state index contributed by atoms with van der Waals surface area (Å²) in [5.74, 6) is -0.593. The topological polar surface area (TPSA) is 77.1 Å². The molecule has 0 N–H and O–H groups in total. The summed E-state index contributed by atoms with van der Waals surface area (Å²) >= 11 is 1.04. The lowest BCUT2D eigenvalue weighted by molar-refractivity contribution is -0.139. The Hall–Kier alpha value is -3.84. The number of rotatable bonds is 5. The maximum Gasteiger partial charge on any atom is 0.416 e. The molecule has 0 spiro atoms. The minimum atomic E-state index is -4.55. The van der Waals surface area contributed by atoms with E-state index in [2.05, 4.69) is 11.1 Å². The molecule has 168 valence electrons. The smallest absolute Gasteiger partial charge is 0.416 e. The molecule has 10 heteroatoms. The van der Waals surface area contributed by atoms with Gasteiger partial charge in [0.25, 0.3) is 0 Å². The highest BCUT2D eigenvalue weighted by atomic mass is 32.1. The van der Waals surface area contributed by atoms with Crippen molar-refractivity contribution in [3.05, 3.63) is 76.4 Å². The van der Waals surface area contributed by atoms with E-state index >= 15 is 0 Å². The van der Waals surface area contributed by atoms with Crippen molar-refractivity contribution in [2.75, 3.05) is 7.11 Å². The van der Waals surface area contributed by atoms with Gasteiger partial charge in [-0.2, -0.15) is 18.4 Å². The normalized spacial score (nSPS) is 12.4. The molecule has 4 aromatic rings. The summed E-state index contributed by atoms with van der Waals surface area (Å²) in [6.07, 6.45) is -4.02. The standard InChI is InChI=1S/C23H16F3N3O3S/c1-13(15-5-3-4-6-16(15)23(24,25)26)32-19-10-20(33-21(19)22(30)31-2)29-12-28-17-8-7-14(11-27)9-18(17)29/h3-10,12-13H,1-2H3/t13-/m1/s1. The lowest BCUT2D eigenvalue weighted by atomic mass is 10.0. The van der Waals surface area contributed by atoms with Crippen LogP contribution in [0, 0.1) is 11.3 Å². The van der Waals surface area contributed by atoms with Crippen molar-refractivity contribution in [1.29, 1.82) is 5.26 Å². The maximum absolute atomic E-state index is 13.4. The molecule has 2 heterocycles. The molecular weight excluding hydrogens is 455 g/mol. The number of nitrogens with zero attached hydrogens (tertiary/aromatic N) is 3. The molecule has 0 aliphatic carbocycles. The zero-order valence-electron chi connectivity index (χ0n) is 17.4. The fourth-order valence-electron chi connectivity index (χ4n) is 3.42. The molecule has 0 aliphatic heterocycles. The van der Waals surface area contributed by atoms with Crippen LogP contribution in [0.5, 0.6) is 5.75 Å². The number of carbonyl (C=O) groups is 1. The number of ether oxygens (including phenoxy) is 2. The molecule has 6 nitrogen and oxygen atoms in total. The van der Waals surface area contributed by atoms with E-state index in [0.29, 0.717) is 21.6 Å². The van der Waals surface area contributed by atoms with Crippen LogP contribution < -0.4 is 4.74 Å². The Balaban J connectivity index is 1.77. The summed E-state index contributed by atoms with van der Waals surface area (Å²) in [6, 6.07) is 13.7. The predicted molar refractivity (Wildman–Crippen MR) is 115 cm³/mol. The van der Waals surface area contributed by atoms with E-state index in [9.17, 15) is 23.2 Å². The van der Waals surface area contributed by atoms with Crippen LogP contribution in [-0.2, 0) is 10.9 Å². The number of fused-ring (bicyclic) bond motifs is 1. The molecule has 4 rings (SSSR count). The number of alkyl halides is 3. The Kier molecular flexibility index (Phi) is 5.82. The number of nitriles is 1. The van der Waals surface area contributed by atoms with Gasteiger partial charge in [-0.25, -0.2) is 9.78 Å². The second-order valence-electron chi connectivity index (χ2n) is 7.04. The number of hydrogen-bond donors (Lipinski definition) is 0. The first-order valence-corrected chi connectivity index (χ1v) is 10.5. The molecule has 0 fully saturated rings. The van der Waals surface area contributed by atoms with E-state index in [0.717, 1.165) is 17.4 Å². The molecule has 1 atom stereocenters. The molecular formula is C23H16F3N3O3S. The number of benzene rings is 2. The molecule has 2 aromatic heterocycles. The number of hydrogen-bond acceptors (Lipinski definition) is 6. The van der Waals surface area contributed by atoms with Gasteiger partial charge in [0.05, 0.1) is 35.3 Å². The van der Waals surface area contributed by atoms with E-state index in [1.54, 1.807) is 28.8 Å². The number of imidazole rings is 1. The summed E-state index contributed by atoms with van der Waals surface area (Å²) in [6.45, 7) is 1.48. The van der Waals surface area contributed by atoms with E-state index in [-0.39, 0.29) is 16.2 Å². The second-order valence-corrected chi connectivity index (χ2v) is 8.08. The first-order valence-electron chi connectivity index (χ1n) is 9.65. The summed E-state index contributed by atoms with van der Waals surface area (Å²) in [7, 11) is 1.21. The van der Waals surface area contributed by atoms with Gasteiger partial charge in [-0.1, -0.05) is 18.2 Å². The Morgan fingerprint density at radius 1 is 1.21 bits per heavy atom. The number of aromatic nitrogens is 2. The fraction of sp³-hybridized carbons (Fsp3) is 0.174. The summed E-state index contributed by atoms with van der Waals surface area (Å²) in [5.41, 5.74) is 0.839. The van der Waals surface area contributed by atoms with Crippen LogP contribution in [0.3, 0.4) is 0 Å². The SMILES string of the molecule is COC(=O)c1sc(-n2cnc3ccc(C#N)cc32)cc1O[C@H](C)c1ccccc1C(F)(F)F.